The fraction of sp³-hybridized carbons (Fsp3) is 0.650. The van der Waals surface area contributed by atoms with Gasteiger partial charge in [-0.15, -0.1) is 0 Å². The van der Waals surface area contributed by atoms with Crippen LogP contribution in [0.5, 0.6) is 0 Å². The lowest BCUT2D eigenvalue weighted by molar-refractivity contribution is -0.134. The second-order valence-corrected chi connectivity index (χ2v) is 8.09. The lowest BCUT2D eigenvalue weighted by Crippen LogP contribution is -2.49. The van der Waals surface area contributed by atoms with Gasteiger partial charge in [0.25, 0.3) is 0 Å². The standard InChI is InChI=1S/C20H31N3O/c1-21(2)12-9-19(24)23-14-18-8-5-4-7-17(18)13-20(16-23)10-6-11-22(3)15-20/h4-5,7-8H,6,9-16H2,1-3H3. The third kappa shape index (κ3) is 3.98. The van der Waals surface area contributed by atoms with E-state index in [0.717, 1.165) is 32.6 Å². The molecule has 1 saturated heterocycles. The number of amides is 1. The van der Waals surface area contributed by atoms with Crippen LogP contribution in [-0.2, 0) is 17.8 Å². The molecule has 2 aliphatic heterocycles. The van der Waals surface area contributed by atoms with Gasteiger partial charge < -0.3 is 14.7 Å². The van der Waals surface area contributed by atoms with Crippen LogP contribution >= 0.6 is 0 Å². The number of carbonyl (C=O) groups is 1. The van der Waals surface area contributed by atoms with Crippen LogP contribution in [0.4, 0.5) is 0 Å². The lowest BCUT2D eigenvalue weighted by atomic mass is 9.75. The van der Waals surface area contributed by atoms with Gasteiger partial charge in [0.15, 0.2) is 0 Å². The average Bonchev–Trinajstić information content (AvgIpc) is 2.68. The van der Waals surface area contributed by atoms with Crippen LogP contribution in [0.15, 0.2) is 24.3 Å². The van der Waals surface area contributed by atoms with E-state index in [-0.39, 0.29) is 5.41 Å². The van der Waals surface area contributed by atoms with E-state index in [9.17, 15) is 4.79 Å². The number of fused-ring (bicyclic) bond motifs is 1. The number of hydrogen-bond acceptors (Lipinski definition) is 3. The van der Waals surface area contributed by atoms with E-state index >= 15 is 0 Å². The Morgan fingerprint density at radius 3 is 2.67 bits per heavy atom. The zero-order chi connectivity index (χ0) is 17.2. The number of rotatable bonds is 3. The maximum Gasteiger partial charge on any atom is 0.224 e. The van der Waals surface area contributed by atoms with E-state index in [2.05, 4.69) is 46.0 Å². The van der Waals surface area contributed by atoms with Crippen LogP contribution in [0, 0.1) is 5.41 Å². The Morgan fingerprint density at radius 1 is 1.21 bits per heavy atom. The molecule has 0 aliphatic carbocycles. The summed E-state index contributed by atoms with van der Waals surface area (Å²) in [6.07, 6.45) is 4.17. The SMILES string of the molecule is CN(C)CCC(=O)N1Cc2ccccc2CC2(CCCN(C)C2)C1. The van der Waals surface area contributed by atoms with Crippen molar-refractivity contribution in [2.75, 3.05) is 47.3 Å². The molecule has 1 amide bonds. The van der Waals surface area contributed by atoms with Crippen LogP contribution in [-0.4, -0.2) is 67.9 Å². The van der Waals surface area contributed by atoms with Crippen LogP contribution < -0.4 is 0 Å². The Balaban J connectivity index is 1.85. The number of likely N-dealkylation sites (tertiary alicyclic amines) is 1. The van der Waals surface area contributed by atoms with E-state index in [4.69, 9.17) is 0 Å². The number of piperidine rings is 1. The van der Waals surface area contributed by atoms with E-state index < -0.39 is 0 Å². The van der Waals surface area contributed by atoms with Crippen LogP contribution in [0.25, 0.3) is 0 Å². The van der Waals surface area contributed by atoms with Crippen molar-refractivity contribution in [3.8, 4) is 0 Å². The summed E-state index contributed by atoms with van der Waals surface area (Å²) in [7, 11) is 6.28. The summed E-state index contributed by atoms with van der Waals surface area (Å²) in [6, 6.07) is 8.71. The number of hydrogen-bond donors (Lipinski definition) is 0. The Bertz CT molecular complexity index is 586. The molecular formula is C20H31N3O. The Morgan fingerprint density at radius 2 is 1.96 bits per heavy atom. The van der Waals surface area contributed by atoms with Crippen LogP contribution in [0.2, 0.25) is 0 Å². The van der Waals surface area contributed by atoms with E-state index in [1.807, 2.05) is 14.1 Å². The van der Waals surface area contributed by atoms with Crippen molar-refractivity contribution in [3.05, 3.63) is 35.4 Å². The molecule has 1 fully saturated rings. The zero-order valence-corrected chi connectivity index (χ0v) is 15.4. The monoisotopic (exact) mass is 329 g/mol. The molecule has 1 spiro atoms. The smallest absolute Gasteiger partial charge is 0.224 e. The summed E-state index contributed by atoms with van der Waals surface area (Å²) < 4.78 is 0. The van der Waals surface area contributed by atoms with Gasteiger partial charge in [-0.1, -0.05) is 24.3 Å². The fourth-order valence-electron chi connectivity index (χ4n) is 4.39. The summed E-state index contributed by atoms with van der Waals surface area (Å²) in [5.41, 5.74) is 2.99. The van der Waals surface area contributed by atoms with Gasteiger partial charge in [-0.25, -0.2) is 0 Å². The molecule has 3 rings (SSSR count). The van der Waals surface area contributed by atoms with E-state index in [1.54, 1.807) is 0 Å². The first kappa shape index (κ1) is 17.4. The Hall–Kier alpha value is -1.39. The van der Waals surface area contributed by atoms with Gasteiger partial charge >= 0.3 is 0 Å². The molecule has 4 heteroatoms. The van der Waals surface area contributed by atoms with Gasteiger partial charge in [0.1, 0.15) is 0 Å². The number of nitrogens with zero attached hydrogens (tertiary/aromatic N) is 3. The molecule has 24 heavy (non-hydrogen) atoms. The highest BCUT2D eigenvalue weighted by atomic mass is 16.2. The van der Waals surface area contributed by atoms with Gasteiger partial charge in [-0.3, -0.25) is 4.79 Å². The highest BCUT2D eigenvalue weighted by Crippen LogP contribution is 2.38. The first-order chi connectivity index (χ1) is 11.5. The average molecular weight is 329 g/mol. The first-order valence-corrected chi connectivity index (χ1v) is 9.15. The number of benzene rings is 1. The summed E-state index contributed by atoms with van der Waals surface area (Å²) in [5, 5.41) is 0. The molecule has 0 radical (unpaired) electrons. The van der Waals surface area contributed by atoms with E-state index in [1.165, 1.54) is 30.5 Å². The fourth-order valence-corrected chi connectivity index (χ4v) is 4.39. The molecule has 0 N–H and O–H groups in total. The quantitative estimate of drug-likeness (QED) is 0.851. The van der Waals surface area contributed by atoms with Gasteiger partial charge in [0, 0.05) is 38.0 Å². The van der Waals surface area contributed by atoms with Crippen LogP contribution in [0.3, 0.4) is 0 Å². The van der Waals surface area contributed by atoms with Crippen molar-refractivity contribution < 1.29 is 4.79 Å². The summed E-state index contributed by atoms with van der Waals surface area (Å²) in [6.45, 7) is 4.77. The summed E-state index contributed by atoms with van der Waals surface area (Å²) in [5.74, 6) is 0.299. The molecule has 1 atom stereocenters. The van der Waals surface area contributed by atoms with Gasteiger partial charge in [0.2, 0.25) is 5.91 Å². The molecule has 132 valence electrons. The minimum Gasteiger partial charge on any atom is -0.338 e. The topological polar surface area (TPSA) is 26.8 Å². The largest absolute Gasteiger partial charge is 0.338 e. The van der Waals surface area contributed by atoms with Crippen molar-refractivity contribution in [2.45, 2.75) is 32.2 Å². The second kappa shape index (κ2) is 7.24. The van der Waals surface area contributed by atoms with Gasteiger partial charge in [-0.05, 0) is 58.1 Å². The van der Waals surface area contributed by atoms with Crippen molar-refractivity contribution >= 4 is 5.91 Å². The van der Waals surface area contributed by atoms with Gasteiger partial charge in [0.05, 0.1) is 0 Å². The molecule has 1 unspecified atom stereocenters. The van der Waals surface area contributed by atoms with Crippen molar-refractivity contribution in [3.63, 3.8) is 0 Å². The van der Waals surface area contributed by atoms with E-state index in [0.29, 0.717) is 12.3 Å². The van der Waals surface area contributed by atoms with Crippen molar-refractivity contribution in [1.82, 2.24) is 14.7 Å². The minimum atomic E-state index is 0.216. The maximum atomic E-state index is 12.9. The molecule has 0 aromatic heterocycles. The third-order valence-corrected chi connectivity index (χ3v) is 5.55. The second-order valence-electron chi connectivity index (χ2n) is 8.09. The summed E-state index contributed by atoms with van der Waals surface area (Å²) >= 11 is 0. The molecule has 2 heterocycles. The zero-order valence-electron chi connectivity index (χ0n) is 15.4. The Labute approximate surface area is 146 Å². The first-order valence-electron chi connectivity index (χ1n) is 9.15. The molecule has 1 aromatic rings. The predicted octanol–water partition coefficient (Wildman–Crippen LogP) is 2.23. The summed E-state index contributed by atoms with van der Waals surface area (Å²) in [4.78, 5) is 19.5. The van der Waals surface area contributed by atoms with Crippen molar-refractivity contribution in [1.29, 1.82) is 0 Å². The molecule has 2 aliphatic rings. The molecule has 1 aromatic carbocycles. The highest BCUT2D eigenvalue weighted by Gasteiger charge is 2.39. The van der Waals surface area contributed by atoms with Gasteiger partial charge in [-0.2, -0.15) is 0 Å². The molecule has 4 nitrogen and oxygen atoms in total. The minimum absolute atomic E-state index is 0.216. The Kier molecular flexibility index (Phi) is 5.26. The molecule has 0 saturated carbocycles. The normalized spacial score (nSPS) is 24.9. The molecular weight excluding hydrogens is 298 g/mol. The third-order valence-electron chi connectivity index (χ3n) is 5.55. The lowest BCUT2D eigenvalue weighted by Gasteiger charge is -2.43. The highest BCUT2D eigenvalue weighted by molar-refractivity contribution is 5.76. The van der Waals surface area contributed by atoms with Crippen molar-refractivity contribution in [2.24, 2.45) is 5.41 Å². The predicted molar refractivity (Wildman–Crippen MR) is 97.9 cm³/mol. The van der Waals surface area contributed by atoms with Crippen LogP contribution in [0.1, 0.15) is 30.4 Å². The number of carbonyl (C=O) groups excluding carboxylic acids is 1. The molecule has 0 bridgehead atoms. The maximum absolute atomic E-state index is 12.9.